The fourth-order valence-corrected chi connectivity index (χ4v) is 3.03. The first-order valence-corrected chi connectivity index (χ1v) is 5.74. The van der Waals surface area contributed by atoms with Crippen LogP contribution >= 0.6 is 23.1 Å². The number of rotatable bonds is 2. The molecule has 0 fully saturated rings. The Morgan fingerprint density at radius 3 is 3.08 bits per heavy atom. The van der Waals surface area contributed by atoms with Crippen molar-refractivity contribution in [3.8, 4) is 6.07 Å². The van der Waals surface area contributed by atoms with E-state index in [9.17, 15) is 0 Å². The van der Waals surface area contributed by atoms with Gasteiger partial charge in [-0.15, -0.1) is 23.1 Å². The molecule has 64 valence electrons. The number of fused-ring (bicyclic) bond motifs is 1. The van der Waals surface area contributed by atoms with Crippen LogP contribution in [0.25, 0.3) is 10.1 Å². The highest BCUT2D eigenvalue weighted by atomic mass is 32.2. The average Bonchev–Trinajstić information content (AvgIpc) is 2.58. The van der Waals surface area contributed by atoms with Gasteiger partial charge in [-0.2, -0.15) is 5.26 Å². The summed E-state index contributed by atoms with van der Waals surface area (Å²) in [4.78, 5) is 1.22. The first kappa shape index (κ1) is 8.61. The molecule has 1 aromatic carbocycles. The van der Waals surface area contributed by atoms with Crippen LogP contribution in [0.3, 0.4) is 0 Å². The van der Waals surface area contributed by atoms with Gasteiger partial charge in [-0.3, -0.25) is 0 Å². The largest absolute Gasteiger partial charge is 0.197 e. The standard InChI is InChI=1S/C10H7NS2/c11-5-6-12-10-7-13-9-4-2-1-3-8(9)10/h1-4,7H,6H2. The second kappa shape index (κ2) is 3.82. The zero-order valence-electron chi connectivity index (χ0n) is 6.86. The molecule has 0 unspecified atom stereocenters. The minimum Gasteiger partial charge on any atom is -0.197 e. The monoisotopic (exact) mass is 205 g/mol. The maximum absolute atomic E-state index is 8.47. The molecule has 2 rings (SSSR count). The smallest absolute Gasteiger partial charge is 0.0855 e. The van der Waals surface area contributed by atoms with Gasteiger partial charge in [0.25, 0.3) is 0 Å². The van der Waals surface area contributed by atoms with Gasteiger partial charge in [0.2, 0.25) is 0 Å². The SMILES string of the molecule is N#CCSc1csc2ccccc12. The quantitative estimate of drug-likeness (QED) is 0.700. The highest BCUT2D eigenvalue weighted by Gasteiger charge is 2.02. The second-order valence-electron chi connectivity index (χ2n) is 2.54. The minimum absolute atomic E-state index is 0.528. The number of thioether (sulfide) groups is 1. The maximum Gasteiger partial charge on any atom is 0.0855 e. The van der Waals surface area contributed by atoms with E-state index in [1.54, 1.807) is 23.1 Å². The first-order chi connectivity index (χ1) is 6.42. The zero-order chi connectivity index (χ0) is 9.10. The fourth-order valence-electron chi connectivity index (χ4n) is 1.18. The van der Waals surface area contributed by atoms with E-state index in [-0.39, 0.29) is 0 Å². The lowest BCUT2D eigenvalue weighted by atomic mass is 10.3. The predicted molar refractivity (Wildman–Crippen MR) is 58.2 cm³/mol. The second-order valence-corrected chi connectivity index (χ2v) is 4.47. The van der Waals surface area contributed by atoms with Crippen LogP contribution in [0.2, 0.25) is 0 Å². The summed E-state index contributed by atoms with van der Waals surface area (Å²) in [6, 6.07) is 10.4. The molecule has 1 heterocycles. The van der Waals surface area contributed by atoms with Gasteiger partial charge in [-0.05, 0) is 6.07 Å². The van der Waals surface area contributed by atoms with Crippen LogP contribution in [-0.4, -0.2) is 5.75 Å². The summed E-state index contributed by atoms with van der Waals surface area (Å²) in [5.74, 6) is 0.528. The van der Waals surface area contributed by atoms with Gasteiger partial charge >= 0.3 is 0 Å². The Morgan fingerprint density at radius 1 is 1.38 bits per heavy atom. The number of hydrogen-bond donors (Lipinski definition) is 0. The highest BCUT2D eigenvalue weighted by Crippen LogP contribution is 2.32. The molecule has 3 heteroatoms. The topological polar surface area (TPSA) is 23.8 Å². The number of hydrogen-bond acceptors (Lipinski definition) is 3. The van der Waals surface area contributed by atoms with E-state index in [4.69, 9.17) is 5.26 Å². The van der Waals surface area contributed by atoms with Crippen molar-refractivity contribution in [2.45, 2.75) is 4.90 Å². The Bertz CT molecular complexity index is 453. The number of thiophene rings is 1. The zero-order valence-corrected chi connectivity index (χ0v) is 8.49. The minimum atomic E-state index is 0.528. The van der Waals surface area contributed by atoms with Crippen LogP contribution in [0.15, 0.2) is 34.5 Å². The molecule has 13 heavy (non-hydrogen) atoms. The van der Waals surface area contributed by atoms with Crippen molar-refractivity contribution in [2.24, 2.45) is 0 Å². The molecule has 0 aliphatic rings. The lowest BCUT2D eigenvalue weighted by molar-refractivity contribution is 1.49. The number of benzene rings is 1. The van der Waals surface area contributed by atoms with Gasteiger partial charge in [0, 0.05) is 20.4 Å². The van der Waals surface area contributed by atoms with Crippen LogP contribution in [-0.2, 0) is 0 Å². The average molecular weight is 205 g/mol. The lowest BCUT2D eigenvalue weighted by Crippen LogP contribution is -1.70. The molecular weight excluding hydrogens is 198 g/mol. The summed E-state index contributed by atoms with van der Waals surface area (Å²) in [6.07, 6.45) is 0. The van der Waals surface area contributed by atoms with Crippen molar-refractivity contribution in [2.75, 3.05) is 5.75 Å². The van der Waals surface area contributed by atoms with Crippen molar-refractivity contribution in [1.29, 1.82) is 5.26 Å². The van der Waals surface area contributed by atoms with Crippen molar-refractivity contribution < 1.29 is 0 Å². The first-order valence-electron chi connectivity index (χ1n) is 3.88. The van der Waals surface area contributed by atoms with E-state index in [2.05, 4.69) is 23.6 Å². The van der Waals surface area contributed by atoms with Gasteiger partial charge < -0.3 is 0 Å². The van der Waals surface area contributed by atoms with Crippen LogP contribution in [0, 0.1) is 11.3 Å². The Labute approximate surface area is 85.0 Å². The molecule has 0 aliphatic carbocycles. The lowest BCUT2D eigenvalue weighted by Gasteiger charge is -1.92. The summed E-state index contributed by atoms with van der Waals surface area (Å²) in [6.45, 7) is 0. The predicted octanol–water partition coefficient (Wildman–Crippen LogP) is 3.52. The summed E-state index contributed by atoms with van der Waals surface area (Å²) in [5, 5.41) is 11.9. The molecule has 0 aliphatic heterocycles. The van der Waals surface area contributed by atoms with E-state index >= 15 is 0 Å². The molecule has 1 aromatic heterocycles. The number of nitrogens with zero attached hydrogens (tertiary/aromatic N) is 1. The Kier molecular flexibility index (Phi) is 2.53. The molecule has 0 N–H and O–H groups in total. The van der Waals surface area contributed by atoms with E-state index < -0.39 is 0 Å². The van der Waals surface area contributed by atoms with Gasteiger partial charge in [0.1, 0.15) is 0 Å². The van der Waals surface area contributed by atoms with E-state index in [0.29, 0.717) is 5.75 Å². The molecule has 0 spiro atoms. The van der Waals surface area contributed by atoms with E-state index in [1.807, 2.05) is 12.1 Å². The molecule has 0 amide bonds. The fraction of sp³-hybridized carbons (Fsp3) is 0.100. The van der Waals surface area contributed by atoms with Crippen molar-refractivity contribution in [3.05, 3.63) is 29.6 Å². The number of nitriles is 1. The highest BCUT2D eigenvalue weighted by molar-refractivity contribution is 7.99. The van der Waals surface area contributed by atoms with Gasteiger partial charge in [-0.25, -0.2) is 0 Å². The Morgan fingerprint density at radius 2 is 2.23 bits per heavy atom. The van der Waals surface area contributed by atoms with Crippen molar-refractivity contribution in [3.63, 3.8) is 0 Å². The van der Waals surface area contributed by atoms with Crippen molar-refractivity contribution >= 4 is 33.2 Å². The molecule has 0 bridgehead atoms. The summed E-state index contributed by atoms with van der Waals surface area (Å²) >= 11 is 3.34. The van der Waals surface area contributed by atoms with Crippen LogP contribution in [0.1, 0.15) is 0 Å². The molecule has 0 atom stereocenters. The van der Waals surface area contributed by atoms with Gasteiger partial charge in [0.05, 0.1) is 11.8 Å². The molecule has 0 saturated heterocycles. The Balaban J connectivity index is 2.41. The third kappa shape index (κ3) is 1.69. The third-order valence-electron chi connectivity index (χ3n) is 1.74. The summed E-state index contributed by atoms with van der Waals surface area (Å²) in [7, 11) is 0. The normalized spacial score (nSPS) is 10.1. The van der Waals surface area contributed by atoms with E-state index in [0.717, 1.165) is 0 Å². The van der Waals surface area contributed by atoms with E-state index in [1.165, 1.54) is 15.0 Å². The summed E-state index contributed by atoms with van der Waals surface area (Å²) in [5.41, 5.74) is 0. The van der Waals surface area contributed by atoms with Crippen molar-refractivity contribution in [1.82, 2.24) is 0 Å². The van der Waals surface area contributed by atoms with Crippen LogP contribution < -0.4 is 0 Å². The Hall–Kier alpha value is -0.980. The molecule has 2 aromatic rings. The third-order valence-corrected chi connectivity index (χ3v) is 3.77. The molecule has 1 nitrogen and oxygen atoms in total. The molecular formula is C10H7NS2. The maximum atomic E-state index is 8.47. The summed E-state index contributed by atoms with van der Waals surface area (Å²) < 4.78 is 1.29. The van der Waals surface area contributed by atoms with Crippen LogP contribution in [0.5, 0.6) is 0 Å². The molecule has 0 radical (unpaired) electrons. The van der Waals surface area contributed by atoms with Gasteiger partial charge in [-0.1, -0.05) is 18.2 Å². The van der Waals surface area contributed by atoms with Crippen LogP contribution in [0.4, 0.5) is 0 Å². The molecule has 0 saturated carbocycles. The van der Waals surface area contributed by atoms with Gasteiger partial charge in [0.15, 0.2) is 0 Å².